The normalized spacial score (nSPS) is 23.9. The molecule has 2 atom stereocenters. The Bertz CT molecular complexity index is 469. The standard InChI is InChI=1S/C11H10BrClFNO2/c12-6-2-7(10(13)8(14)3-6)9-1-5(4-15-9)11(16)17/h2-3,5,9,15H,1,4H2,(H,16,17). The maximum absolute atomic E-state index is 13.4. The number of nitrogens with one attached hydrogen (secondary N) is 1. The maximum Gasteiger partial charge on any atom is 0.307 e. The zero-order chi connectivity index (χ0) is 12.6. The molecule has 0 bridgehead atoms. The molecule has 6 heteroatoms. The zero-order valence-electron chi connectivity index (χ0n) is 8.71. The van der Waals surface area contributed by atoms with Crippen LogP contribution in [0.3, 0.4) is 0 Å². The van der Waals surface area contributed by atoms with Crippen molar-refractivity contribution in [2.24, 2.45) is 5.92 Å². The third-order valence-electron chi connectivity index (χ3n) is 2.88. The number of hydrogen-bond donors (Lipinski definition) is 2. The van der Waals surface area contributed by atoms with Crippen molar-refractivity contribution in [2.75, 3.05) is 6.54 Å². The van der Waals surface area contributed by atoms with Gasteiger partial charge in [-0.05, 0) is 24.1 Å². The van der Waals surface area contributed by atoms with E-state index in [0.717, 1.165) is 0 Å². The van der Waals surface area contributed by atoms with E-state index in [1.54, 1.807) is 6.07 Å². The van der Waals surface area contributed by atoms with Crippen LogP contribution >= 0.6 is 27.5 Å². The maximum atomic E-state index is 13.4. The van der Waals surface area contributed by atoms with Crippen LogP contribution in [0.15, 0.2) is 16.6 Å². The number of rotatable bonds is 2. The van der Waals surface area contributed by atoms with E-state index >= 15 is 0 Å². The first kappa shape index (κ1) is 12.8. The van der Waals surface area contributed by atoms with E-state index in [1.807, 2.05) is 0 Å². The highest BCUT2D eigenvalue weighted by Gasteiger charge is 2.31. The molecule has 1 aromatic carbocycles. The van der Waals surface area contributed by atoms with E-state index in [2.05, 4.69) is 21.2 Å². The molecule has 0 amide bonds. The van der Waals surface area contributed by atoms with Gasteiger partial charge in [0.15, 0.2) is 0 Å². The molecular weight excluding hydrogens is 312 g/mol. The molecule has 2 N–H and O–H groups in total. The molecule has 1 heterocycles. The van der Waals surface area contributed by atoms with E-state index < -0.39 is 17.7 Å². The zero-order valence-corrected chi connectivity index (χ0v) is 11.1. The van der Waals surface area contributed by atoms with Crippen LogP contribution in [0, 0.1) is 11.7 Å². The van der Waals surface area contributed by atoms with Crippen molar-refractivity contribution >= 4 is 33.5 Å². The summed E-state index contributed by atoms with van der Waals surface area (Å²) in [4.78, 5) is 10.8. The fraction of sp³-hybridized carbons (Fsp3) is 0.364. The Hall–Kier alpha value is -0.650. The molecule has 2 unspecified atom stereocenters. The summed E-state index contributed by atoms with van der Waals surface area (Å²) in [5.41, 5.74) is 0.599. The fourth-order valence-corrected chi connectivity index (χ4v) is 2.68. The fourth-order valence-electron chi connectivity index (χ4n) is 1.99. The Balaban J connectivity index is 2.27. The number of carbonyl (C=O) groups is 1. The lowest BCUT2D eigenvalue weighted by molar-refractivity contribution is -0.141. The second kappa shape index (κ2) is 4.92. The molecule has 1 fully saturated rings. The summed E-state index contributed by atoms with van der Waals surface area (Å²) in [7, 11) is 0. The average molecular weight is 323 g/mol. The van der Waals surface area contributed by atoms with Crippen LogP contribution in [-0.4, -0.2) is 17.6 Å². The minimum absolute atomic E-state index is 0.0525. The summed E-state index contributed by atoms with van der Waals surface area (Å²) in [6.07, 6.45) is 0.422. The lowest BCUT2D eigenvalue weighted by Gasteiger charge is -2.13. The minimum Gasteiger partial charge on any atom is -0.481 e. The lowest BCUT2D eigenvalue weighted by Crippen LogP contribution is -2.17. The van der Waals surface area contributed by atoms with E-state index in [1.165, 1.54) is 6.07 Å². The van der Waals surface area contributed by atoms with E-state index in [-0.39, 0.29) is 11.1 Å². The first-order chi connectivity index (χ1) is 7.99. The Morgan fingerprint density at radius 1 is 1.59 bits per heavy atom. The van der Waals surface area contributed by atoms with Gasteiger partial charge >= 0.3 is 5.97 Å². The summed E-state index contributed by atoms with van der Waals surface area (Å²) < 4.78 is 14.0. The van der Waals surface area contributed by atoms with Gasteiger partial charge in [0.1, 0.15) is 5.82 Å². The number of aliphatic carboxylic acids is 1. The largest absolute Gasteiger partial charge is 0.481 e. The Kier molecular flexibility index (Phi) is 3.70. The molecule has 0 saturated carbocycles. The molecule has 92 valence electrons. The molecule has 3 nitrogen and oxygen atoms in total. The van der Waals surface area contributed by atoms with Crippen LogP contribution in [-0.2, 0) is 4.79 Å². The van der Waals surface area contributed by atoms with Gasteiger partial charge in [-0.3, -0.25) is 4.79 Å². The second-order valence-electron chi connectivity index (χ2n) is 4.02. The van der Waals surface area contributed by atoms with Crippen LogP contribution in [0.2, 0.25) is 5.02 Å². The van der Waals surface area contributed by atoms with Crippen molar-refractivity contribution in [1.29, 1.82) is 0 Å². The highest BCUT2D eigenvalue weighted by atomic mass is 79.9. The molecule has 0 radical (unpaired) electrons. The Morgan fingerprint density at radius 3 is 2.88 bits per heavy atom. The van der Waals surface area contributed by atoms with Gasteiger partial charge in [0, 0.05) is 17.1 Å². The number of benzene rings is 1. The van der Waals surface area contributed by atoms with Gasteiger partial charge in [-0.25, -0.2) is 4.39 Å². The summed E-state index contributed by atoms with van der Waals surface area (Å²) in [6.45, 7) is 0.379. The van der Waals surface area contributed by atoms with Crippen molar-refractivity contribution in [3.05, 3.63) is 33.0 Å². The van der Waals surface area contributed by atoms with Gasteiger partial charge in [0.2, 0.25) is 0 Å². The van der Waals surface area contributed by atoms with Gasteiger partial charge in [0.05, 0.1) is 10.9 Å². The first-order valence-corrected chi connectivity index (χ1v) is 6.26. The molecule has 1 aliphatic rings. The van der Waals surface area contributed by atoms with Gasteiger partial charge in [0.25, 0.3) is 0 Å². The third-order valence-corrected chi connectivity index (χ3v) is 3.73. The first-order valence-electron chi connectivity index (χ1n) is 5.09. The SMILES string of the molecule is O=C(O)C1CNC(c2cc(Br)cc(F)c2Cl)C1. The summed E-state index contributed by atoms with van der Waals surface area (Å²) in [5.74, 6) is -1.79. The van der Waals surface area contributed by atoms with Crippen LogP contribution in [0.4, 0.5) is 4.39 Å². The Morgan fingerprint density at radius 2 is 2.29 bits per heavy atom. The molecule has 1 saturated heterocycles. The number of halogens is 3. The molecule has 2 rings (SSSR count). The van der Waals surface area contributed by atoms with Crippen molar-refractivity contribution in [2.45, 2.75) is 12.5 Å². The van der Waals surface area contributed by atoms with Crippen LogP contribution in [0.25, 0.3) is 0 Å². The highest BCUT2D eigenvalue weighted by Crippen LogP contribution is 2.35. The third kappa shape index (κ3) is 2.61. The molecule has 0 spiro atoms. The molecule has 1 aromatic rings. The van der Waals surface area contributed by atoms with Crippen molar-refractivity contribution in [1.82, 2.24) is 5.32 Å². The monoisotopic (exact) mass is 321 g/mol. The second-order valence-corrected chi connectivity index (χ2v) is 5.32. The van der Waals surface area contributed by atoms with Crippen molar-refractivity contribution in [3.8, 4) is 0 Å². The highest BCUT2D eigenvalue weighted by molar-refractivity contribution is 9.10. The van der Waals surface area contributed by atoms with Crippen LogP contribution in [0.5, 0.6) is 0 Å². The van der Waals surface area contributed by atoms with Gasteiger partial charge in [-0.2, -0.15) is 0 Å². The van der Waals surface area contributed by atoms with Crippen LogP contribution in [0.1, 0.15) is 18.0 Å². The van der Waals surface area contributed by atoms with E-state index in [0.29, 0.717) is 23.0 Å². The quantitative estimate of drug-likeness (QED) is 0.823. The average Bonchev–Trinajstić information content (AvgIpc) is 2.72. The number of carboxylic acid groups (broad SMARTS) is 1. The molecule has 17 heavy (non-hydrogen) atoms. The minimum atomic E-state index is -0.841. The van der Waals surface area contributed by atoms with E-state index in [9.17, 15) is 9.18 Å². The van der Waals surface area contributed by atoms with Crippen molar-refractivity contribution in [3.63, 3.8) is 0 Å². The topological polar surface area (TPSA) is 49.3 Å². The number of hydrogen-bond acceptors (Lipinski definition) is 2. The van der Waals surface area contributed by atoms with Crippen molar-refractivity contribution < 1.29 is 14.3 Å². The lowest BCUT2D eigenvalue weighted by atomic mass is 10.00. The number of carboxylic acids is 1. The smallest absolute Gasteiger partial charge is 0.307 e. The predicted octanol–water partition coefficient (Wildman–Crippen LogP) is 2.98. The summed E-state index contributed by atoms with van der Waals surface area (Å²) in [5, 5.41) is 12.0. The molecular formula is C11H10BrClFNO2. The molecule has 1 aliphatic heterocycles. The van der Waals surface area contributed by atoms with Gasteiger partial charge in [-0.1, -0.05) is 27.5 Å². The van der Waals surface area contributed by atoms with Crippen LogP contribution < -0.4 is 5.32 Å². The van der Waals surface area contributed by atoms with Gasteiger partial charge in [-0.15, -0.1) is 0 Å². The summed E-state index contributed by atoms with van der Waals surface area (Å²) >= 11 is 9.08. The molecule has 0 aliphatic carbocycles. The van der Waals surface area contributed by atoms with Gasteiger partial charge < -0.3 is 10.4 Å². The predicted molar refractivity (Wildman–Crippen MR) is 65.6 cm³/mol. The van der Waals surface area contributed by atoms with E-state index in [4.69, 9.17) is 16.7 Å². The molecule has 0 aromatic heterocycles. The Labute approximate surface area is 111 Å². The summed E-state index contributed by atoms with van der Waals surface area (Å²) in [6, 6.07) is 2.79.